The van der Waals surface area contributed by atoms with Crippen LogP contribution in [0.1, 0.15) is 11.1 Å². The molecular weight excluding hydrogens is 202 g/mol. The van der Waals surface area contributed by atoms with Gasteiger partial charge in [-0.1, -0.05) is 0 Å². The largest absolute Gasteiger partial charge is 0.574 e. The van der Waals surface area contributed by atoms with E-state index in [1.165, 1.54) is 13.8 Å². The fraction of sp³-hybridized carbons (Fsp3) is 0.375. The molecule has 0 aliphatic heterocycles. The zero-order valence-electron chi connectivity index (χ0n) is 7.44. The van der Waals surface area contributed by atoms with Gasteiger partial charge >= 0.3 is 6.36 Å². The molecule has 0 aliphatic carbocycles. The van der Waals surface area contributed by atoms with Crippen LogP contribution in [0.3, 0.4) is 0 Å². The van der Waals surface area contributed by atoms with Crippen LogP contribution in [-0.2, 0) is 0 Å². The lowest BCUT2D eigenvalue weighted by Crippen LogP contribution is -2.18. The minimum atomic E-state index is -4.85. The number of rotatable bonds is 1. The molecule has 78 valence electrons. The van der Waals surface area contributed by atoms with Crippen LogP contribution in [0.25, 0.3) is 0 Å². The Morgan fingerprint density at radius 1 is 1.29 bits per heavy atom. The van der Waals surface area contributed by atoms with Crippen LogP contribution >= 0.6 is 0 Å². The van der Waals surface area contributed by atoms with Gasteiger partial charge in [-0.25, -0.2) is 0 Å². The Balaban J connectivity index is 3.02. The van der Waals surface area contributed by atoms with Gasteiger partial charge in [0.15, 0.2) is 0 Å². The molecule has 0 N–H and O–H groups in total. The van der Waals surface area contributed by atoms with Crippen molar-refractivity contribution < 1.29 is 22.3 Å². The van der Waals surface area contributed by atoms with Crippen molar-refractivity contribution in [2.24, 2.45) is 0 Å². The summed E-state index contributed by atoms with van der Waals surface area (Å²) in [5, 5.41) is 0. The minimum Gasteiger partial charge on any atom is -0.388 e. The van der Waals surface area contributed by atoms with E-state index in [0.29, 0.717) is 5.56 Å². The molecule has 1 rings (SSSR count). The summed E-state index contributed by atoms with van der Waals surface area (Å²) in [5.41, 5.74) is 0.566. The second kappa shape index (κ2) is 3.43. The number of hydrogen-bond donors (Lipinski definition) is 0. The molecule has 14 heavy (non-hydrogen) atoms. The summed E-state index contributed by atoms with van der Waals surface area (Å²) >= 11 is 0. The molecule has 1 aromatic heterocycles. The fourth-order valence-corrected chi connectivity index (χ4v) is 0.840. The lowest BCUT2D eigenvalue weighted by Gasteiger charge is -2.09. The Hall–Kier alpha value is -1.33. The molecule has 0 radical (unpaired) electrons. The normalized spacial score (nSPS) is 11.6. The van der Waals surface area contributed by atoms with E-state index in [9.17, 15) is 17.6 Å². The van der Waals surface area contributed by atoms with Crippen molar-refractivity contribution in [3.63, 3.8) is 0 Å². The van der Waals surface area contributed by atoms with Gasteiger partial charge in [-0.05, 0) is 19.4 Å². The predicted octanol–water partition coefficient (Wildman–Crippen LogP) is 2.74. The Bertz CT molecular complexity index is 325. The topological polar surface area (TPSA) is 22.1 Å². The standard InChI is InChI=1S/C8H7F4NO/c1-4-3-6(14-8(10,11)12)13-7(9)5(4)2/h3H,1-2H3. The average molecular weight is 209 g/mol. The molecule has 0 unspecified atom stereocenters. The van der Waals surface area contributed by atoms with Crippen molar-refractivity contribution in [3.8, 4) is 5.88 Å². The number of hydrogen-bond acceptors (Lipinski definition) is 2. The molecule has 0 fully saturated rings. The third kappa shape index (κ3) is 2.58. The zero-order valence-corrected chi connectivity index (χ0v) is 7.44. The molecule has 1 aromatic rings. The van der Waals surface area contributed by atoms with Gasteiger partial charge in [0.1, 0.15) is 0 Å². The van der Waals surface area contributed by atoms with Crippen molar-refractivity contribution >= 4 is 0 Å². The first-order chi connectivity index (χ1) is 6.29. The van der Waals surface area contributed by atoms with Gasteiger partial charge in [0.05, 0.1) is 0 Å². The number of aryl methyl sites for hydroxylation is 1. The highest BCUT2D eigenvalue weighted by Gasteiger charge is 2.32. The molecule has 0 saturated carbocycles. The lowest BCUT2D eigenvalue weighted by molar-refractivity contribution is -0.276. The SMILES string of the molecule is Cc1cc(OC(F)(F)F)nc(F)c1C. The smallest absolute Gasteiger partial charge is 0.388 e. The van der Waals surface area contributed by atoms with Crippen molar-refractivity contribution in [3.05, 3.63) is 23.1 Å². The van der Waals surface area contributed by atoms with E-state index >= 15 is 0 Å². The summed E-state index contributed by atoms with van der Waals surface area (Å²) in [7, 11) is 0. The average Bonchev–Trinajstić information content (AvgIpc) is 1.96. The summed E-state index contributed by atoms with van der Waals surface area (Å²) in [6, 6.07) is 1.03. The third-order valence-corrected chi connectivity index (χ3v) is 1.67. The van der Waals surface area contributed by atoms with Crippen molar-refractivity contribution in [2.45, 2.75) is 20.2 Å². The molecule has 0 bridgehead atoms. The summed E-state index contributed by atoms with van der Waals surface area (Å²) in [6.07, 6.45) is -4.85. The van der Waals surface area contributed by atoms with E-state index in [4.69, 9.17) is 0 Å². The fourth-order valence-electron chi connectivity index (χ4n) is 0.840. The van der Waals surface area contributed by atoms with Crippen molar-refractivity contribution in [1.29, 1.82) is 0 Å². The Kier molecular flexibility index (Phi) is 2.64. The highest BCUT2D eigenvalue weighted by Crippen LogP contribution is 2.23. The van der Waals surface area contributed by atoms with Gasteiger partial charge in [-0.15, -0.1) is 13.2 Å². The maximum atomic E-state index is 12.9. The van der Waals surface area contributed by atoms with Crippen LogP contribution in [0.4, 0.5) is 17.6 Å². The van der Waals surface area contributed by atoms with Gasteiger partial charge in [0, 0.05) is 11.6 Å². The molecule has 0 atom stereocenters. The van der Waals surface area contributed by atoms with Gasteiger partial charge < -0.3 is 4.74 Å². The minimum absolute atomic E-state index is 0.208. The number of alkyl halides is 3. The third-order valence-electron chi connectivity index (χ3n) is 1.67. The van der Waals surface area contributed by atoms with Crippen LogP contribution in [0.5, 0.6) is 5.88 Å². The van der Waals surface area contributed by atoms with E-state index in [1.54, 1.807) is 0 Å². The molecular formula is C8H7F4NO. The number of ether oxygens (including phenoxy) is 1. The second-order valence-corrected chi connectivity index (χ2v) is 2.74. The molecule has 0 spiro atoms. The zero-order chi connectivity index (χ0) is 10.9. The molecule has 0 aliphatic rings. The second-order valence-electron chi connectivity index (χ2n) is 2.74. The van der Waals surface area contributed by atoms with E-state index in [2.05, 4.69) is 9.72 Å². The number of halogens is 4. The molecule has 1 heterocycles. The molecule has 6 heteroatoms. The van der Waals surface area contributed by atoms with Crippen LogP contribution in [-0.4, -0.2) is 11.3 Å². The van der Waals surface area contributed by atoms with Gasteiger partial charge in [0.2, 0.25) is 11.8 Å². The van der Waals surface area contributed by atoms with E-state index in [1.807, 2.05) is 0 Å². The summed E-state index contributed by atoms with van der Waals surface area (Å²) in [4.78, 5) is 3.01. The molecule has 0 saturated heterocycles. The number of aromatic nitrogens is 1. The first-order valence-corrected chi connectivity index (χ1v) is 3.69. The van der Waals surface area contributed by atoms with E-state index in [0.717, 1.165) is 6.07 Å². The molecule has 0 aromatic carbocycles. The van der Waals surface area contributed by atoms with Gasteiger partial charge in [-0.2, -0.15) is 9.37 Å². The summed E-state index contributed by atoms with van der Waals surface area (Å²) in [5.74, 6) is -1.73. The van der Waals surface area contributed by atoms with Crippen LogP contribution in [0.2, 0.25) is 0 Å². The van der Waals surface area contributed by atoms with Crippen molar-refractivity contribution in [1.82, 2.24) is 4.98 Å². The molecule has 0 amide bonds. The maximum absolute atomic E-state index is 12.9. The Labute approximate surface area is 77.5 Å². The van der Waals surface area contributed by atoms with Crippen LogP contribution in [0.15, 0.2) is 6.07 Å². The van der Waals surface area contributed by atoms with Gasteiger partial charge in [-0.3, -0.25) is 0 Å². The Morgan fingerprint density at radius 2 is 1.86 bits per heavy atom. The number of nitrogens with zero attached hydrogens (tertiary/aromatic N) is 1. The summed E-state index contributed by atoms with van der Waals surface area (Å²) < 4.78 is 51.5. The monoisotopic (exact) mass is 209 g/mol. The van der Waals surface area contributed by atoms with E-state index < -0.39 is 18.2 Å². The predicted molar refractivity (Wildman–Crippen MR) is 40.4 cm³/mol. The molecule has 2 nitrogen and oxygen atoms in total. The highest BCUT2D eigenvalue weighted by molar-refractivity contribution is 5.27. The quantitative estimate of drug-likeness (QED) is 0.524. The first-order valence-electron chi connectivity index (χ1n) is 3.69. The van der Waals surface area contributed by atoms with Crippen LogP contribution < -0.4 is 4.74 Å². The highest BCUT2D eigenvalue weighted by atomic mass is 19.4. The maximum Gasteiger partial charge on any atom is 0.574 e. The Morgan fingerprint density at radius 3 is 2.29 bits per heavy atom. The number of pyridine rings is 1. The van der Waals surface area contributed by atoms with Crippen LogP contribution in [0, 0.1) is 19.8 Å². The first kappa shape index (κ1) is 10.7. The van der Waals surface area contributed by atoms with Crippen molar-refractivity contribution in [2.75, 3.05) is 0 Å². The van der Waals surface area contributed by atoms with Gasteiger partial charge in [0.25, 0.3) is 0 Å². The summed E-state index contributed by atoms with van der Waals surface area (Å²) in [6.45, 7) is 2.90. The van der Waals surface area contributed by atoms with E-state index in [-0.39, 0.29) is 5.56 Å². The lowest BCUT2D eigenvalue weighted by atomic mass is 10.2.